The highest BCUT2D eigenvalue weighted by Crippen LogP contribution is 2.23. The molecule has 1 fully saturated rings. The van der Waals surface area contributed by atoms with E-state index in [0.29, 0.717) is 6.04 Å². The Morgan fingerprint density at radius 3 is 2.47 bits per heavy atom. The predicted molar refractivity (Wildman–Crippen MR) is 73.2 cm³/mol. The normalized spacial score (nSPS) is 19.9. The fourth-order valence-electron chi connectivity index (χ4n) is 1.95. The molecule has 2 N–H and O–H groups in total. The molecule has 0 aliphatic heterocycles. The van der Waals surface area contributed by atoms with Crippen LogP contribution in [0.15, 0.2) is 0 Å². The summed E-state index contributed by atoms with van der Waals surface area (Å²) in [6.07, 6.45) is 4.83. The average Bonchev–Trinajstić information content (AvgIpc) is 3.07. The van der Waals surface area contributed by atoms with Crippen molar-refractivity contribution in [1.29, 1.82) is 0 Å². The van der Waals surface area contributed by atoms with Gasteiger partial charge >= 0.3 is 0 Å². The summed E-state index contributed by atoms with van der Waals surface area (Å²) < 4.78 is 0. The highest BCUT2D eigenvalue weighted by Gasteiger charge is 2.31. The maximum absolute atomic E-state index is 9.51. The van der Waals surface area contributed by atoms with Gasteiger partial charge < -0.3 is 15.3 Å². The minimum atomic E-state index is -0.0900. The van der Waals surface area contributed by atoms with Crippen LogP contribution < -0.4 is 5.32 Å². The van der Waals surface area contributed by atoms with E-state index in [1.807, 2.05) is 0 Å². The van der Waals surface area contributed by atoms with Crippen molar-refractivity contribution in [3.05, 3.63) is 0 Å². The molecule has 1 atom stereocenters. The number of nitrogens with zero attached hydrogens (tertiary/aromatic N) is 1. The van der Waals surface area contributed by atoms with Gasteiger partial charge in [0.15, 0.2) is 0 Å². The molecule has 3 nitrogen and oxygen atoms in total. The molecule has 0 spiro atoms. The van der Waals surface area contributed by atoms with E-state index in [2.05, 4.69) is 38.0 Å². The fourth-order valence-corrected chi connectivity index (χ4v) is 1.95. The Balaban J connectivity index is 2.20. The molecule has 0 heterocycles. The molecule has 1 unspecified atom stereocenters. The number of hydrogen-bond acceptors (Lipinski definition) is 3. The van der Waals surface area contributed by atoms with E-state index in [1.165, 1.54) is 19.3 Å². The predicted octanol–water partition coefficient (Wildman–Crippen LogP) is 1.86. The van der Waals surface area contributed by atoms with Crippen LogP contribution in [0.5, 0.6) is 0 Å². The van der Waals surface area contributed by atoms with Crippen LogP contribution in [0, 0.1) is 5.92 Å². The summed E-state index contributed by atoms with van der Waals surface area (Å²) in [5.74, 6) is 0.770. The number of hydrogen-bond donors (Lipinski definition) is 2. The third kappa shape index (κ3) is 6.39. The standard InChI is InChI=1S/C14H30N2O/c1-12(2)7-9-16(4)10-8-14(3,11-17)15-13-5-6-13/h12-13,15,17H,5-11H2,1-4H3. The second-order valence-electron chi connectivity index (χ2n) is 6.37. The minimum Gasteiger partial charge on any atom is -0.394 e. The first-order valence-corrected chi connectivity index (χ1v) is 7.02. The third-order valence-electron chi connectivity index (χ3n) is 3.61. The van der Waals surface area contributed by atoms with Crippen molar-refractivity contribution in [2.24, 2.45) is 5.92 Å². The van der Waals surface area contributed by atoms with E-state index in [4.69, 9.17) is 0 Å². The van der Waals surface area contributed by atoms with Crippen LogP contribution in [0.1, 0.15) is 46.5 Å². The van der Waals surface area contributed by atoms with Crippen molar-refractivity contribution in [3.63, 3.8) is 0 Å². The van der Waals surface area contributed by atoms with Crippen molar-refractivity contribution in [1.82, 2.24) is 10.2 Å². The van der Waals surface area contributed by atoms with E-state index in [0.717, 1.165) is 25.4 Å². The summed E-state index contributed by atoms with van der Waals surface area (Å²) in [4.78, 5) is 2.38. The number of aliphatic hydroxyl groups excluding tert-OH is 1. The molecule has 1 aliphatic carbocycles. The minimum absolute atomic E-state index is 0.0900. The fraction of sp³-hybridized carbons (Fsp3) is 1.00. The summed E-state index contributed by atoms with van der Waals surface area (Å²) in [6.45, 7) is 9.12. The van der Waals surface area contributed by atoms with Crippen LogP contribution >= 0.6 is 0 Å². The Labute approximate surface area is 107 Å². The molecule has 1 saturated carbocycles. The van der Waals surface area contributed by atoms with Crippen molar-refractivity contribution in [2.75, 3.05) is 26.7 Å². The lowest BCUT2D eigenvalue weighted by Crippen LogP contribution is -2.48. The molecule has 0 bridgehead atoms. The maximum Gasteiger partial charge on any atom is 0.0611 e. The third-order valence-corrected chi connectivity index (χ3v) is 3.61. The zero-order valence-corrected chi connectivity index (χ0v) is 12.0. The lowest BCUT2D eigenvalue weighted by Gasteiger charge is -2.31. The van der Waals surface area contributed by atoms with Crippen molar-refractivity contribution < 1.29 is 5.11 Å². The Morgan fingerprint density at radius 1 is 1.35 bits per heavy atom. The summed E-state index contributed by atoms with van der Waals surface area (Å²) in [6, 6.07) is 0.660. The van der Waals surface area contributed by atoms with Crippen molar-refractivity contribution in [2.45, 2.75) is 58.0 Å². The number of rotatable bonds is 9. The van der Waals surface area contributed by atoms with Gasteiger partial charge in [-0.15, -0.1) is 0 Å². The van der Waals surface area contributed by atoms with Crippen LogP contribution in [-0.2, 0) is 0 Å². The Morgan fingerprint density at radius 2 is 2.00 bits per heavy atom. The summed E-state index contributed by atoms with van der Waals surface area (Å²) in [5.41, 5.74) is -0.0900. The molecule has 1 rings (SSSR count). The van der Waals surface area contributed by atoms with Crippen LogP contribution in [0.25, 0.3) is 0 Å². The zero-order valence-electron chi connectivity index (χ0n) is 12.0. The second-order valence-corrected chi connectivity index (χ2v) is 6.37. The molecular formula is C14H30N2O. The molecule has 17 heavy (non-hydrogen) atoms. The number of aliphatic hydroxyl groups is 1. The highest BCUT2D eigenvalue weighted by atomic mass is 16.3. The highest BCUT2D eigenvalue weighted by molar-refractivity contribution is 4.92. The number of nitrogens with one attached hydrogen (secondary N) is 1. The van der Waals surface area contributed by atoms with E-state index in [1.54, 1.807) is 0 Å². The average molecular weight is 242 g/mol. The molecule has 1 aliphatic rings. The van der Waals surface area contributed by atoms with Crippen molar-refractivity contribution in [3.8, 4) is 0 Å². The quantitative estimate of drug-likeness (QED) is 0.648. The zero-order chi connectivity index (χ0) is 12.9. The van der Waals surface area contributed by atoms with Gasteiger partial charge in [-0.1, -0.05) is 13.8 Å². The van der Waals surface area contributed by atoms with Gasteiger partial charge in [0.25, 0.3) is 0 Å². The van der Waals surface area contributed by atoms with Gasteiger partial charge in [-0.2, -0.15) is 0 Å². The Kier molecular flexibility index (Phi) is 5.90. The van der Waals surface area contributed by atoms with Gasteiger partial charge in [0.05, 0.1) is 6.61 Å². The molecule has 0 amide bonds. The van der Waals surface area contributed by atoms with Gasteiger partial charge in [0.2, 0.25) is 0 Å². The molecule has 0 radical (unpaired) electrons. The van der Waals surface area contributed by atoms with E-state index in [9.17, 15) is 5.11 Å². The van der Waals surface area contributed by atoms with E-state index < -0.39 is 0 Å². The maximum atomic E-state index is 9.51. The smallest absolute Gasteiger partial charge is 0.0611 e. The van der Waals surface area contributed by atoms with Crippen LogP contribution in [0.3, 0.4) is 0 Å². The van der Waals surface area contributed by atoms with Gasteiger partial charge in [0, 0.05) is 11.6 Å². The SMILES string of the molecule is CC(C)CCN(C)CCC(C)(CO)NC1CC1. The monoisotopic (exact) mass is 242 g/mol. The summed E-state index contributed by atoms with van der Waals surface area (Å²) in [7, 11) is 2.18. The second kappa shape index (κ2) is 6.72. The molecule has 0 aromatic carbocycles. The summed E-state index contributed by atoms with van der Waals surface area (Å²) >= 11 is 0. The Bertz CT molecular complexity index is 216. The van der Waals surface area contributed by atoms with Gasteiger partial charge in [-0.3, -0.25) is 0 Å². The molecule has 0 aromatic rings. The van der Waals surface area contributed by atoms with E-state index >= 15 is 0 Å². The molecule has 102 valence electrons. The van der Waals surface area contributed by atoms with Gasteiger partial charge in [-0.05, 0) is 58.7 Å². The Hall–Kier alpha value is -0.120. The van der Waals surface area contributed by atoms with Crippen molar-refractivity contribution >= 4 is 0 Å². The van der Waals surface area contributed by atoms with Gasteiger partial charge in [-0.25, -0.2) is 0 Å². The van der Waals surface area contributed by atoms with Crippen LogP contribution in [0.4, 0.5) is 0 Å². The van der Waals surface area contributed by atoms with Crippen LogP contribution in [-0.4, -0.2) is 48.3 Å². The molecule has 0 aromatic heterocycles. The lowest BCUT2D eigenvalue weighted by atomic mass is 9.98. The molecular weight excluding hydrogens is 212 g/mol. The first kappa shape index (κ1) is 14.9. The van der Waals surface area contributed by atoms with Crippen LogP contribution in [0.2, 0.25) is 0 Å². The molecule has 0 saturated heterocycles. The first-order chi connectivity index (χ1) is 7.95. The molecule has 3 heteroatoms. The topological polar surface area (TPSA) is 35.5 Å². The largest absolute Gasteiger partial charge is 0.394 e. The summed E-state index contributed by atoms with van der Waals surface area (Å²) in [5, 5.41) is 13.1. The first-order valence-electron chi connectivity index (χ1n) is 7.02. The van der Waals surface area contributed by atoms with E-state index in [-0.39, 0.29) is 12.1 Å². The lowest BCUT2D eigenvalue weighted by molar-refractivity contribution is 0.148. The van der Waals surface area contributed by atoms with Gasteiger partial charge in [0.1, 0.15) is 0 Å².